The number of nitrogens with one attached hydrogen (secondary N) is 3. The zero-order valence-corrected chi connectivity index (χ0v) is 16.1. The number of rotatable bonds is 5. The highest BCUT2D eigenvalue weighted by Gasteiger charge is 2.34. The highest BCUT2D eigenvalue weighted by molar-refractivity contribution is 7.80. The highest BCUT2D eigenvalue weighted by Crippen LogP contribution is 2.29. The lowest BCUT2D eigenvalue weighted by Gasteiger charge is -2.27. The molecule has 8 heteroatoms. The number of hydrogen-bond donors (Lipinski definition) is 3. The number of alkyl halides is 3. The maximum Gasteiger partial charge on any atom is 0.228 e. The van der Waals surface area contributed by atoms with E-state index in [9.17, 15) is 4.79 Å². The van der Waals surface area contributed by atoms with Crippen molar-refractivity contribution in [3.63, 3.8) is 0 Å². The standard InChI is InChI=1S/C17H16Cl3N3OS/c18-17(19,20)15(22-14(24)11-12-7-3-1-4-8-12)23-16(25)21-13-9-5-2-6-10-13/h1-10,15H,11H2,(H,22,24)(H2,21,23,25)/t15-/m1/s1. The molecule has 0 bridgehead atoms. The quantitative estimate of drug-likeness (QED) is 0.391. The van der Waals surface area contributed by atoms with Gasteiger partial charge >= 0.3 is 0 Å². The zero-order chi connectivity index (χ0) is 18.3. The summed E-state index contributed by atoms with van der Waals surface area (Å²) in [5.41, 5.74) is 1.63. The van der Waals surface area contributed by atoms with Crippen LogP contribution in [-0.4, -0.2) is 21.0 Å². The van der Waals surface area contributed by atoms with Gasteiger partial charge in [-0.25, -0.2) is 0 Å². The molecule has 25 heavy (non-hydrogen) atoms. The average molecular weight is 417 g/mol. The number of para-hydroxylation sites is 1. The maximum absolute atomic E-state index is 12.2. The van der Waals surface area contributed by atoms with E-state index >= 15 is 0 Å². The summed E-state index contributed by atoms with van der Waals surface area (Å²) in [6.07, 6.45) is -0.823. The summed E-state index contributed by atoms with van der Waals surface area (Å²) in [6.45, 7) is 0. The van der Waals surface area contributed by atoms with Gasteiger partial charge in [0.1, 0.15) is 6.17 Å². The van der Waals surface area contributed by atoms with Gasteiger partial charge in [-0.2, -0.15) is 0 Å². The normalized spacial score (nSPS) is 12.1. The van der Waals surface area contributed by atoms with Gasteiger partial charge in [0.05, 0.1) is 6.42 Å². The molecule has 0 aliphatic carbocycles. The molecule has 0 unspecified atom stereocenters. The molecule has 0 fully saturated rings. The molecule has 0 spiro atoms. The van der Waals surface area contributed by atoms with E-state index in [-0.39, 0.29) is 17.4 Å². The van der Waals surface area contributed by atoms with Gasteiger partial charge in [-0.05, 0) is 29.9 Å². The van der Waals surface area contributed by atoms with Crippen LogP contribution in [0.1, 0.15) is 5.56 Å². The molecule has 1 amide bonds. The van der Waals surface area contributed by atoms with E-state index in [1.54, 1.807) is 0 Å². The SMILES string of the molecule is O=C(Cc1ccccc1)N[C@H](NC(=S)Nc1ccccc1)C(Cl)(Cl)Cl. The second-order valence-electron chi connectivity index (χ2n) is 5.17. The molecule has 1 atom stereocenters. The van der Waals surface area contributed by atoms with Crippen molar-refractivity contribution in [2.45, 2.75) is 16.4 Å². The van der Waals surface area contributed by atoms with E-state index in [0.29, 0.717) is 0 Å². The summed E-state index contributed by atoms with van der Waals surface area (Å²) in [6, 6.07) is 18.6. The molecule has 4 nitrogen and oxygen atoms in total. The topological polar surface area (TPSA) is 53.2 Å². The van der Waals surface area contributed by atoms with Gasteiger partial charge in [0.15, 0.2) is 5.11 Å². The molecule has 2 rings (SSSR count). The molecular formula is C17H16Cl3N3OS. The fraction of sp³-hybridized carbons (Fsp3) is 0.176. The Morgan fingerprint density at radius 1 is 0.960 bits per heavy atom. The number of halogens is 3. The second-order valence-corrected chi connectivity index (χ2v) is 7.95. The molecule has 132 valence electrons. The summed E-state index contributed by atoms with van der Waals surface area (Å²) in [5.74, 6) is -0.294. The van der Waals surface area contributed by atoms with Crippen LogP contribution in [-0.2, 0) is 11.2 Å². The Kier molecular flexibility index (Phi) is 7.32. The first-order valence-electron chi connectivity index (χ1n) is 7.37. The number of carbonyl (C=O) groups excluding carboxylic acids is 1. The third-order valence-corrected chi connectivity index (χ3v) is 4.02. The van der Waals surface area contributed by atoms with E-state index in [0.717, 1.165) is 11.3 Å². The van der Waals surface area contributed by atoms with E-state index in [1.165, 1.54) is 0 Å². The minimum atomic E-state index is -1.78. The molecule has 2 aromatic rings. The highest BCUT2D eigenvalue weighted by atomic mass is 35.6. The van der Waals surface area contributed by atoms with Crippen LogP contribution < -0.4 is 16.0 Å². The lowest BCUT2D eigenvalue weighted by atomic mass is 10.1. The Labute approximate surface area is 166 Å². The van der Waals surface area contributed by atoms with Crippen LogP contribution in [0.4, 0.5) is 5.69 Å². The lowest BCUT2D eigenvalue weighted by molar-refractivity contribution is -0.121. The molecule has 0 radical (unpaired) electrons. The summed E-state index contributed by atoms with van der Waals surface area (Å²) >= 11 is 23.1. The largest absolute Gasteiger partial charge is 0.339 e. The fourth-order valence-corrected chi connectivity index (χ4v) is 2.58. The van der Waals surface area contributed by atoms with Gasteiger partial charge in [-0.3, -0.25) is 4.79 Å². The van der Waals surface area contributed by atoms with Crippen molar-refractivity contribution in [2.75, 3.05) is 5.32 Å². The van der Waals surface area contributed by atoms with Crippen molar-refractivity contribution in [1.29, 1.82) is 0 Å². The van der Waals surface area contributed by atoms with Gasteiger partial charge < -0.3 is 16.0 Å². The van der Waals surface area contributed by atoms with Crippen LogP contribution in [0.3, 0.4) is 0 Å². The lowest BCUT2D eigenvalue weighted by Crippen LogP contribution is -2.56. The second kappa shape index (κ2) is 9.25. The molecule has 0 aliphatic heterocycles. The van der Waals surface area contributed by atoms with E-state index < -0.39 is 9.96 Å². The summed E-state index contributed by atoms with van der Waals surface area (Å²) < 4.78 is -1.78. The first kappa shape index (κ1) is 19.8. The number of benzene rings is 2. The zero-order valence-electron chi connectivity index (χ0n) is 13.0. The third-order valence-electron chi connectivity index (χ3n) is 3.15. The smallest absolute Gasteiger partial charge is 0.228 e. The first-order valence-corrected chi connectivity index (χ1v) is 8.91. The number of anilines is 1. The minimum Gasteiger partial charge on any atom is -0.339 e. The molecule has 0 aliphatic rings. The molecule has 0 heterocycles. The predicted octanol–water partition coefficient (Wildman–Crippen LogP) is 4.03. The molecule has 3 N–H and O–H groups in total. The Balaban J connectivity index is 1.96. The van der Waals surface area contributed by atoms with E-state index in [2.05, 4.69) is 16.0 Å². The Bertz CT molecular complexity index is 653. The Hall–Kier alpha value is -1.53. The number of thiocarbonyl (C=S) groups is 1. The molecule has 0 saturated heterocycles. The van der Waals surface area contributed by atoms with Crippen LogP contribution in [0, 0.1) is 0 Å². The molecular weight excluding hydrogens is 401 g/mol. The third kappa shape index (κ3) is 7.08. The van der Waals surface area contributed by atoms with Gasteiger partial charge in [0.25, 0.3) is 0 Å². The maximum atomic E-state index is 12.2. The molecule has 0 aromatic heterocycles. The van der Waals surface area contributed by atoms with Crippen LogP contribution >= 0.6 is 47.0 Å². The van der Waals surface area contributed by atoms with Crippen LogP contribution in [0.25, 0.3) is 0 Å². The Morgan fingerprint density at radius 2 is 1.52 bits per heavy atom. The summed E-state index contributed by atoms with van der Waals surface area (Å²) in [7, 11) is 0. The van der Waals surface area contributed by atoms with Gasteiger partial charge in [0.2, 0.25) is 9.70 Å². The van der Waals surface area contributed by atoms with Crippen LogP contribution in [0.5, 0.6) is 0 Å². The average Bonchev–Trinajstić information content (AvgIpc) is 2.55. The van der Waals surface area contributed by atoms with E-state index in [4.69, 9.17) is 47.0 Å². The monoisotopic (exact) mass is 415 g/mol. The summed E-state index contributed by atoms with van der Waals surface area (Å²) in [4.78, 5) is 12.2. The van der Waals surface area contributed by atoms with Crippen molar-refractivity contribution in [1.82, 2.24) is 10.6 Å². The van der Waals surface area contributed by atoms with Crippen molar-refractivity contribution < 1.29 is 4.79 Å². The first-order chi connectivity index (χ1) is 11.8. The van der Waals surface area contributed by atoms with Gasteiger partial charge in [-0.1, -0.05) is 83.3 Å². The number of amides is 1. The van der Waals surface area contributed by atoms with Crippen LogP contribution in [0.15, 0.2) is 60.7 Å². The number of carbonyl (C=O) groups is 1. The van der Waals surface area contributed by atoms with E-state index in [1.807, 2.05) is 60.7 Å². The Morgan fingerprint density at radius 3 is 2.08 bits per heavy atom. The van der Waals surface area contributed by atoms with Gasteiger partial charge in [0, 0.05) is 5.69 Å². The van der Waals surface area contributed by atoms with Crippen LogP contribution in [0.2, 0.25) is 0 Å². The summed E-state index contributed by atoms with van der Waals surface area (Å²) in [5, 5.41) is 8.65. The van der Waals surface area contributed by atoms with Gasteiger partial charge in [-0.15, -0.1) is 0 Å². The van der Waals surface area contributed by atoms with Crippen molar-refractivity contribution in [3.8, 4) is 0 Å². The number of hydrogen-bond acceptors (Lipinski definition) is 2. The predicted molar refractivity (Wildman–Crippen MR) is 108 cm³/mol. The fourth-order valence-electron chi connectivity index (χ4n) is 2.01. The molecule has 2 aromatic carbocycles. The molecule has 0 saturated carbocycles. The van der Waals surface area contributed by atoms with Crippen molar-refractivity contribution >= 4 is 63.7 Å². The minimum absolute atomic E-state index is 0.165. The van der Waals surface area contributed by atoms with Crippen molar-refractivity contribution in [3.05, 3.63) is 66.2 Å². The van der Waals surface area contributed by atoms with Crippen molar-refractivity contribution in [2.24, 2.45) is 0 Å².